The molecule has 0 unspecified atom stereocenters. The monoisotopic (exact) mass is 398 g/mol. The van der Waals surface area contributed by atoms with E-state index in [1.807, 2.05) is 48.5 Å². The number of aromatic hydroxyl groups is 1. The predicted octanol–water partition coefficient (Wildman–Crippen LogP) is 5.98. The predicted molar refractivity (Wildman–Crippen MR) is 123 cm³/mol. The van der Waals surface area contributed by atoms with E-state index in [2.05, 4.69) is 52.0 Å². The normalized spacial score (nSPS) is 18.2. The maximum atomic E-state index is 9.85. The van der Waals surface area contributed by atoms with Gasteiger partial charge in [0.15, 0.2) is 0 Å². The summed E-state index contributed by atoms with van der Waals surface area (Å²) in [5, 5.41) is 9.85. The fraction of sp³-hybridized carbons (Fsp3) is 0.231. The molecule has 30 heavy (non-hydrogen) atoms. The smallest absolute Gasteiger partial charge is 0.496 e. The van der Waals surface area contributed by atoms with Crippen molar-refractivity contribution in [2.45, 2.75) is 38.9 Å². The van der Waals surface area contributed by atoms with Crippen molar-refractivity contribution in [1.29, 1.82) is 0 Å². The third-order valence-electron chi connectivity index (χ3n) is 6.06. The lowest BCUT2D eigenvalue weighted by Crippen LogP contribution is -2.41. The molecule has 1 aliphatic heterocycles. The molecule has 1 saturated heterocycles. The second-order valence-corrected chi connectivity index (χ2v) is 8.66. The Labute approximate surface area is 179 Å². The number of hydrogen-bond acceptors (Lipinski definition) is 3. The summed E-state index contributed by atoms with van der Waals surface area (Å²) in [4.78, 5) is 0. The molecule has 0 spiro atoms. The zero-order valence-electron chi connectivity index (χ0n) is 17.9. The molecule has 4 heteroatoms. The third kappa shape index (κ3) is 3.81. The first kappa shape index (κ1) is 20.5. The standard InChI is InChI=1S/C26H27BO3/c1-25(2)26(3,4)30-27(29-25)24(21-13-9-6-10-14-21)23(19-11-7-5-8-12-19)20-15-17-22(28)18-16-20/h5-18,28H,1-4H3/b24-23-. The Bertz CT molecular complexity index is 1020. The van der Waals surface area contributed by atoms with Gasteiger partial charge in [-0.1, -0.05) is 72.8 Å². The van der Waals surface area contributed by atoms with Gasteiger partial charge in [0.2, 0.25) is 0 Å². The topological polar surface area (TPSA) is 38.7 Å². The summed E-state index contributed by atoms with van der Waals surface area (Å²) in [5.74, 6) is 0.239. The summed E-state index contributed by atoms with van der Waals surface area (Å²) in [5.41, 5.74) is 4.21. The zero-order valence-corrected chi connectivity index (χ0v) is 17.9. The number of hydrogen-bond donors (Lipinski definition) is 1. The van der Waals surface area contributed by atoms with Gasteiger partial charge in [-0.2, -0.15) is 0 Å². The van der Waals surface area contributed by atoms with Crippen molar-refractivity contribution >= 4 is 18.2 Å². The Morgan fingerprint density at radius 2 is 1.07 bits per heavy atom. The maximum Gasteiger partial charge on any atom is 0.496 e. The van der Waals surface area contributed by atoms with E-state index in [1.54, 1.807) is 12.1 Å². The van der Waals surface area contributed by atoms with Gasteiger partial charge in [-0.25, -0.2) is 0 Å². The van der Waals surface area contributed by atoms with Crippen LogP contribution in [0.1, 0.15) is 44.4 Å². The lowest BCUT2D eigenvalue weighted by atomic mass is 9.69. The van der Waals surface area contributed by atoms with Crippen molar-refractivity contribution in [1.82, 2.24) is 0 Å². The van der Waals surface area contributed by atoms with Crippen LogP contribution < -0.4 is 0 Å². The minimum Gasteiger partial charge on any atom is -0.508 e. The van der Waals surface area contributed by atoms with E-state index in [0.717, 1.165) is 27.7 Å². The summed E-state index contributed by atoms with van der Waals surface area (Å²) in [6, 6.07) is 27.8. The van der Waals surface area contributed by atoms with Crippen molar-refractivity contribution in [3.8, 4) is 5.75 Å². The summed E-state index contributed by atoms with van der Waals surface area (Å²) in [6.07, 6.45) is 0. The number of phenolic OH excluding ortho intramolecular Hbond substituents is 1. The average Bonchev–Trinajstić information content (AvgIpc) is 2.95. The number of phenols is 1. The highest BCUT2D eigenvalue weighted by Gasteiger charge is 2.53. The highest BCUT2D eigenvalue weighted by Crippen LogP contribution is 2.44. The summed E-state index contributed by atoms with van der Waals surface area (Å²) < 4.78 is 13.0. The van der Waals surface area contributed by atoms with Crippen molar-refractivity contribution in [2.75, 3.05) is 0 Å². The van der Waals surface area contributed by atoms with E-state index in [9.17, 15) is 5.11 Å². The molecular weight excluding hydrogens is 371 g/mol. The minimum absolute atomic E-state index is 0.239. The van der Waals surface area contributed by atoms with Crippen LogP contribution in [0.3, 0.4) is 0 Å². The van der Waals surface area contributed by atoms with E-state index in [1.165, 1.54) is 0 Å². The van der Waals surface area contributed by atoms with Crippen molar-refractivity contribution in [3.63, 3.8) is 0 Å². The van der Waals surface area contributed by atoms with Crippen molar-refractivity contribution < 1.29 is 14.4 Å². The number of rotatable bonds is 4. The van der Waals surface area contributed by atoms with Gasteiger partial charge >= 0.3 is 7.12 Å². The number of benzene rings is 3. The molecule has 1 aliphatic rings. The average molecular weight is 398 g/mol. The maximum absolute atomic E-state index is 9.85. The quantitative estimate of drug-likeness (QED) is 0.434. The second kappa shape index (κ2) is 7.79. The van der Waals surface area contributed by atoms with Crippen LogP contribution in [0.4, 0.5) is 0 Å². The zero-order chi connectivity index (χ0) is 21.4. The molecule has 0 radical (unpaired) electrons. The molecule has 1 fully saturated rings. The summed E-state index contributed by atoms with van der Waals surface area (Å²) >= 11 is 0. The lowest BCUT2D eigenvalue weighted by molar-refractivity contribution is 0.00578. The highest BCUT2D eigenvalue weighted by molar-refractivity contribution is 6.71. The molecule has 3 aromatic carbocycles. The minimum atomic E-state index is -0.526. The Balaban J connectivity index is 2.01. The molecule has 1 heterocycles. The highest BCUT2D eigenvalue weighted by atomic mass is 16.7. The molecular formula is C26H27BO3. The van der Waals surface area contributed by atoms with Crippen LogP contribution in [-0.2, 0) is 9.31 Å². The van der Waals surface area contributed by atoms with Crippen LogP contribution in [0.25, 0.3) is 11.0 Å². The SMILES string of the molecule is CC1(C)OB(/C(=C(/c2ccccc2)c2ccc(O)cc2)c2ccccc2)OC1(C)C. The first-order valence-electron chi connectivity index (χ1n) is 10.3. The van der Waals surface area contributed by atoms with Gasteiger partial charge in [0, 0.05) is 0 Å². The Morgan fingerprint density at radius 1 is 0.633 bits per heavy atom. The second-order valence-electron chi connectivity index (χ2n) is 8.66. The fourth-order valence-electron chi connectivity index (χ4n) is 3.69. The van der Waals surface area contributed by atoms with Gasteiger partial charge < -0.3 is 14.4 Å². The van der Waals surface area contributed by atoms with E-state index in [4.69, 9.17) is 9.31 Å². The molecule has 0 amide bonds. The van der Waals surface area contributed by atoms with Crippen LogP contribution in [0.5, 0.6) is 5.75 Å². The van der Waals surface area contributed by atoms with Crippen LogP contribution in [-0.4, -0.2) is 23.4 Å². The molecule has 3 aromatic rings. The fourth-order valence-corrected chi connectivity index (χ4v) is 3.69. The molecule has 0 aromatic heterocycles. The Kier molecular flexibility index (Phi) is 5.31. The van der Waals surface area contributed by atoms with E-state index >= 15 is 0 Å². The van der Waals surface area contributed by atoms with E-state index in [0.29, 0.717) is 0 Å². The molecule has 0 saturated carbocycles. The first-order chi connectivity index (χ1) is 14.3. The molecule has 0 aliphatic carbocycles. The molecule has 0 bridgehead atoms. The Morgan fingerprint density at radius 3 is 1.57 bits per heavy atom. The Hall–Kier alpha value is -2.82. The van der Waals surface area contributed by atoms with Gasteiger partial charge in [0.1, 0.15) is 5.75 Å². The van der Waals surface area contributed by atoms with E-state index < -0.39 is 18.3 Å². The first-order valence-corrected chi connectivity index (χ1v) is 10.3. The van der Waals surface area contributed by atoms with Crippen molar-refractivity contribution in [2.24, 2.45) is 0 Å². The molecule has 4 rings (SSSR count). The molecule has 1 N–H and O–H groups in total. The molecule has 0 atom stereocenters. The summed E-state index contributed by atoms with van der Waals surface area (Å²) in [7, 11) is -0.526. The van der Waals surface area contributed by atoms with E-state index in [-0.39, 0.29) is 5.75 Å². The molecule has 152 valence electrons. The van der Waals surface area contributed by atoms with Gasteiger partial charge in [-0.15, -0.1) is 0 Å². The van der Waals surface area contributed by atoms with Crippen molar-refractivity contribution in [3.05, 3.63) is 102 Å². The molecule has 3 nitrogen and oxygen atoms in total. The van der Waals surface area contributed by atoms with Gasteiger partial charge in [0.05, 0.1) is 11.2 Å². The van der Waals surface area contributed by atoms with Gasteiger partial charge in [0.25, 0.3) is 0 Å². The van der Waals surface area contributed by atoms with Crippen LogP contribution in [0.15, 0.2) is 84.9 Å². The summed E-state index contributed by atoms with van der Waals surface area (Å²) in [6.45, 7) is 8.27. The van der Waals surface area contributed by atoms with Crippen LogP contribution in [0, 0.1) is 0 Å². The van der Waals surface area contributed by atoms with Gasteiger partial charge in [-0.3, -0.25) is 0 Å². The van der Waals surface area contributed by atoms with Gasteiger partial charge in [-0.05, 0) is 67.6 Å². The largest absolute Gasteiger partial charge is 0.508 e. The van der Waals surface area contributed by atoms with Crippen LogP contribution in [0.2, 0.25) is 0 Å². The lowest BCUT2D eigenvalue weighted by Gasteiger charge is -2.32. The van der Waals surface area contributed by atoms with Crippen LogP contribution >= 0.6 is 0 Å². The third-order valence-corrected chi connectivity index (χ3v) is 6.06.